The van der Waals surface area contributed by atoms with E-state index in [1.54, 1.807) is 6.08 Å². The Bertz CT molecular complexity index is 1140. The van der Waals surface area contributed by atoms with E-state index in [9.17, 15) is 19.4 Å². The zero-order chi connectivity index (χ0) is 49.2. The Balaban J connectivity index is 4.13. The summed E-state index contributed by atoms with van der Waals surface area (Å²) in [5.41, 5.74) is 0. The molecule has 0 bridgehead atoms. The normalized spacial score (nSPS) is 14.1. The van der Waals surface area contributed by atoms with Crippen molar-refractivity contribution in [2.24, 2.45) is 0 Å². The van der Waals surface area contributed by atoms with E-state index in [-0.39, 0.29) is 19.1 Å². The van der Waals surface area contributed by atoms with Crippen LogP contribution in [0.5, 0.6) is 0 Å². The summed E-state index contributed by atoms with van der Waals surface area (Å²) in [5, 5.41) is 13.9. The van der Waals surface area contributed by atoms with Crippen LogP contribution in [0.1, 0.15) is 290 Å². The lowest BCUT2D eigenvalue weighted by Gasteiger charge is -2.25. The maximum atomic E-state index is 13.0. The molecule has 1 amide bonds. The van der Waals surface area contributed by atoms with Crippen molar-refractivity contribution in [2.45, 2.75) is 302 Å². The Kier molecular flexibility index (Phi) is 49.2. The fourth-order valence-corrected chi connectivity index (χ4v) is 9.56. The van der Waals surface area contributed by atoms with Crippen LogP contribution in [0.2, 0.25) is 0 Å². The number of unbranched alkanes of at least 4 members (excludes halogenated alkanes) is 39. The molecule has 0 heterocycles. The zero-order valence-electron chi connectivity index (χ0n) is 45.4. The minimum atomic E-state index is -4.35. The highest BCUT2D eigenvalue weighted by molar-refractivity contribution is 7.47. The molecule has 0 radical (unpaired) electrons. The van der Waals surface area contributed by atoms with Gasteiger partial charge in [-0.05, 0) is 32.1 Å². The van der Waals surface area contributed by atoms with Crippen molar-refractivity contribution < 1.29 is 32.9 Å². The molecule has 398 valence electrons. The van der Waals surface area contributed by atoms with Gasteiger partial charge in [0.15, 0.2) is 0 Å². The van der Waals surface area contributed by atoms with Crippen LogP contribution >= 0.6 is 7.82 Å². The number of hydrogen-bond donors (Lipinski definition) is 3. The summed E-state index contributed by atoms with van der Waals surface area (Å²) in [7, 11) is 1.57. The summed E-state index contributed by atoms with van der Waals surface area (Å²) < 4.78 is 23.7. The van der Waals surface area contributed by atoms with Crippen molar-refractivity contribution in [3.63, 3.8) is 0 Å². The van der Waals surface area contributed by atoms with Gasteiger partial charge in [-0.3, -0.25) is 13.8 Å². The van der Waals surface area contributed by atoms with Gasteiger partial charge >= 0.3 is 7.82 Å². The Morgan fingerprint density at radius 1 is 0.493 bits per heavy atom. The maximum Gasteiger partial charge on any atom is 0.472 e. The summed E-state index contributed by atoms with van der Waals surface area (Å²) in [6, 6.07) is -0.860. The highest BCUT2D eigenvalue weighted by Gasteiger charge is 2.27. The van der Waals surface area contributed by atoms with Crippen LogP contribution in [-0.4, -0.2) is 73.4 Å². The van der Waals surface area contributed by atoms with E-state index in [1.165, 1.54) is 231 Å². The molecule has 67 heavy (non-hydrogen) atoms. The largest absolute Gasteiger partial charge is 0.472 e. The Morgan fingerprint density at radius 3 is 1.19 bits per heavy atom. The lowest BCUT2D eigenvalue weighted by atomic mass is 10.0. The molecule has 0 aromatic carbocycles. The van der Waals surface area contributed by atoms with Crippen molar-refractivity contribution >= 4 is 13.7 Å². The minimum Gasteiger partial charge on any atom is -0.387 e. The first-order chi connectivity index (χ1) is 32.5. The van der Waals surface area contributed by atoms with Crippen molar-refractivity contribution in [1.82, 2.24) is 5.32 Å². The molecule has 0 rings (SSSR count). The number of allylic oxidation sites excluding steroid dienone is 3. The van der Waals surface area contributed by atoms with Crippen LogP contribution in [0.3, 0.4) is 0 Å². The van der Waals surface area contributed by atoms with Gasteiger partial charge in [-0.25, -0.2) is 4.57 Å². The first-order valence-electron chi connectivity index (χ1n) is 29.2. The summed E-state index contributed by atoms with van der Waals surface area (Å²) in [4.78, 5) is 23.3. The van der Waals surface area contributed by atoms with Crippen LogP contribution < -0.4 is 5.32 Å². The molecule has 0 aliphatic rings. The summed E-state index contributed by atoms with van der Waals surface area (Å²) in [6.45, 7) is 4.84. The molecular weight excluding hydrogens is 852 g/mol. The molecule has 0 aliphatic carbocycles. The number of hydrogen-bond acceptors (Lipinski definition) is 5. The smallest absolute Gasteiger partial charge is 0.387 e. The van der Waals surface area contributed by atoms with Gasteiger partial charge < -0.3 is 19.8 Å². The molecule has 0 fully saturated rings. The van der Waals surface area contributed by atoms with E-state index in [4.69, 9.17) is 9.05 Å². The second-order valence-electron chi connectivity index (χ2n) is 21.4. The predicted molar refractivity (Wildman–Crippen MR) is 291 cm³/mol. The van der Waals surface area contributed by atoms with Gasteiger partial charge in [0.25, 0.3) is 0 Å². The van der Waals surface area contributed by atoms with E-state index in [1.807, 2.05) is 27.2 Å². The Hall–Kier alpha value is -1.02. The number of carbonyl (C=O) groups is 1. The maximum absolute atomic E-state index is 13.0. The summed E-state index contributed by atoms with van der Waals surface area (Å²) in [6.07, 6.45) is 62.9. The first-order valence-corrected chi connectivity index (χ1v) is 30.7. The molecule has 3 atom stereocenters. The predicted octanol–water partition coefficient (Wildman–Crippen LogP) is 17.6. The minimum absolute atomic E-state index is 0.0587. The number of nitrogens with zero attached hydrogens (tertiary/aromatic N) is 1. The van der Waals surface area contributed by atoms with Gasteiger partial charge in [0.05, 0.1) is 39.9 Å². The Labute approximate surface area is 417 Å². The average Bonchev–Trinajstić information content (AvgIpc) is 3.29. The highest BCUT2D eigenvalue weighted by Crippen LogP contribution is 2.43. The van der Waals surface area contributed by atoms with Crippen molar-refractivity contribution in [3.05, 3.63) is 24.3 Å². The van der Waals surface area contributed by atoms with E-state index >= 15 is 0 Å². The third-order valence-electron chi connectivity index (χ3n) is 13.4. The number of rotatable bonds is 54. The number of carbonyl (C=O) groups excluding carboxylic acids is 1. The van der Waals surface area contributed by atoms with Gasteiger partial charge in [-0.1, -0.05) is 276 Å². The van der Waals surface area contributed by atoms with E-state index < -0.39 is 20.0 Å². The van der Waals surface area contributed by atoms with E-state index in [0.29, 0.717) is 17.4 Å². The molecule has 3 unspecified atom stereocenters. The van der Waals surface area contributed by atoms with Crippen LogP contribution in [0.4, 0.5) is 0 Å². The van der Waals surface area contributed by atoms with Crippen molar-refractivity contribution in [1.29, 1.82) is 0 Å². The number of phosphoric acid groups is 1. The van der Waals surface area contributed by atoms with E-state index in [0.717, 1.165) is 38.5 Å². The topological polar surface area (TPSA) is 105 Å². The van der Waals surface area contributed by atoms with Gasteiger partial charge in [-0.2, -0.15) is 0 Å². The SMILES string of the molecule is CCCCCCCCCCCCC/C=C/CC/C=C/C(O)C(COP(=O)(O)OCC[N+](C)(C)C)NC(=O)CCCCCCCCCCCCCCCCCCCCCCCCCCCCCC. The number of amides is 1. The molecular formula is C58H116N2O6P+. The first kappa shape index (κ1) is 66.0. The van der Waals surface area contributed by atoms with Crippen LogP contribution in [-0.2, 0) is 18.4 Å². The monoisotopic (exact) mass is 968 g/mol. The Morgan fingerprint density at radius 2 is 0.821 bits per heavy atom. The quantitative estimate of drug-likeness (QED) is 0.0243. The fraction of sp³-hybridized carbons (Fsp3) is 0.914. The molecule has 0 saturated heterocycles. The molecule has 0 aromatic heterocycles. The summed E-state index contributed by atoms with van der Waals surface area (Å²) >= 11 is 0. The van der Waals surface area contributed by atoms with Gasteiger partial charge in [0.1, 0.15) is 13.2 Å². The molecule has 9 heteroatoms. The van der Waals surface area contributed by atoms with Gasteiger partial charge in [0, 0.05) is 6.42 Å². The summed E-state index contributed by atoms with van der Waals surface area (Å²) in [5.74, 6) is -0.181. The second kappa shape index (κ2) is 49.9. The van der Waals surface area contributed by atoms with Crippen LogP contribution in [0.15, 0.2) is 24.3 Å². The average molecular weight is 969 g/mol. The van der Waals surface area contributed by atoms with E-state index in [2.05, 4.69) is 31.3 Å². The zero-order valence-corrected chi connectivity index (χ0v) is 46.3. The molecule has 8 nitrogen and oxygen atoms in total. The molecule has 3 N–H and O–H groups in total. The molecule has 0 aromatic rings. The number of aliphatic hydroxyl groups excluding tert-OH is 1. The third kappa shape index (κ3) is 52.6. The lowest BCUT2D eigenvalue weighted by Crippen LogP contribution is -2.45. The number of quaternary nitrogens is 1. The fourth-order valence-electron chi connectivity index (χ4n) is 8.83. The molecule has 0 saturated carbocycles. The number of phosphoric ester groups is 1. The van der Waals surface area contributed by atoms with Gasteiger partial charge in [-0.15, -0.1) is 0 Å². The van der Waals surface area contributed by atoms with Gasteiger partial charge in [0.2, 0.25) is 5.91 Å². The number of aliphatic hydroxyl groups is 1. The second-order valence-corrected chi connectivity index (χ2v) is 22.8. The van der Waals surface area contributed by atoms with Crippen molar-refractivity contribution in [3.8, 4) is 0 Å². The molecule has 0 spiro atoms. The number of likely N-dealkylation sites (N-methyl/N-ethyl adjacent to an activating group) is 1. The number of nitrogens with one attached hydrogen (secondary N) is 1. The standard InChI is InChI=1S/C58H115N2O6P/c1-6-8-10-12-14-16-18-20-22-24-25-26-27-28-29-30-31-32-33-34-36-38-40-42-44-46-48-50-52-58(62)59-56(55-66-67(63,64)65-54-53-60(3,4)5)57(61)51-49-47-45-43-41-39-37-35-23-21-19-17-15-13-11-9-7-2/h41,43,49,51,56-57,61H,6-40,42,44-48,50,52-55H2,1-5H3,(H-,59,62,63,64)/p+1/b43-41+,51-49+. The van der Waals surface area contributed by atoms with Crippen LogP contribution in [0, 0.1) is 0 Å². The third-order valence-corrected chi connectivity index (χ3v) is 14.4. The molecule has 0 aliphatic heterocycles. The highest BCUT2D eigenvalue weighted by atomic mass is 31.2. The van der Waals surface area contributed by atoms with Crippen molar-refractivity contribution in [2.75, 3.05) is 40.9 Å². The van der Waals surface area contributed by atoms with Crippen LogP contribution in [0.25, 0.3) is 0 Å². The lowest BCUT2D eigenvalue weighted by molar-refractivity contribution is -0.870.